The lowest BCUT2D eigenvalue weighted by Crippen LogP contribution is -2.50. The van der Waals surface area contributed by atoms with Crippen molar-refractivity contribution in [2.45, 2.75) is 129 Å². The molecule has 0 radical (unpaired) electrons. The van der Waals surface area contributed by atoms with Gasteiger partial charge in [-0.05, 0) is 123 Å². The minimum atomic E-state index is -0.737. The highest BCUT2D eigenvalue weighted by Crippen LogP contribution is 2.55. The molecular formula is C62H76FN13O6. The van der Waals surface area contributed by atoms with Gasteiger partial charge in [-0.2, -0.15) is 10.1 Å². The fourth-order valence-corrected chi connectivity index (χ4v) is 12.3. The Bertz CT molecular complexity index is 3420. The number of likely N-dealkylation sites (tertiary alicyclic amines) is 2. The number of allylic oxidation sites excluding steroid dienone is 2. The number of nitrogens with one attached hydrogen (secondary N) is 4. The Kier molecular flexibility index (Phi) is 16.2. The number of carbonyl (C=O) groups excluding carboxylic acids is 2. The lowest BCUT2D eigenvalue weighted by molar-refractivity contribution is -0.142. The van der Waals surface area contributed by atoms with Gasteiger partial charge in [0.2, 0.25) is 11.8 Å². The second-order valence-electron chi connectivity index (χ2n) is 23.2. The zero-order chi connectivity index (χ0) is 57.5. The first-order chi connectivity index (χ1) is 39.6. The van der Waals surface area contributed by atoms with E-state index in [1.165, 1.54) is 6.07 Å². The molecule has 2 aromatic heterocycles. The number of ether oxygens (including phenoxy) is 3. The second kappa shape index (κ2) is 23.7. The van der Waals surface area contributed by atoms with Crippen LogP contribution in [0.15, 0.2) is 95.9 Å². The maximum atomic E-state index is 16.2. The fraction of sp³-hybridized carbons (Fsp3) is 0.452. The number of benzene rings is 4. The standard InChI is InChI=1S/C62H76FN13O6/c1-34(2)58(61(79)74-22-9-10-53(74)60(78)67-52(31-77)42-17-19-43(20-18-42)56-35(3)21-23-73(7)71-56)76-30-51(70-72-76)41-13-11-39(12-14-41)33-81-59-55(54-37(5)49(63)26-50-48(54)28-66-69-50)47(40-15-16-40)25-46(38(6)75-29-44-24-45(75)27-65-44)57(59)68-62(64)82-32-36(4)80-8/h11-14,17-21,23,25-26,28,30,34,36,38,40,44-45,52-53,58,65,71,77H,9-10,15-16,22,24,27,29,31-33H2,1-8H3,(H2,64,68)(H,66,69)(H,67,78)/t36-,38?,44-,45-,52-,53-,58-/m0/s1. The van der Waals surface area contributed by atoms with E-state index in [2.05, 4.69) is 54.5 Å². The Balaban J connectivity index is 0.855. The van der Waals surface area contributed by atoms with Crippen molar-refractivity contribution < 1.29 is 33.3 Å². The van der Waals surface area contributed by atoms with Crippen LogP contribution < -0.4 is 26.5 Å². The van der Waals surface area contributed by atoms with Crippen molar-refractivity contribution in [2.24, 2.45) is 16.6 Å². The number of H-pyrrole nitrogens is 1. The zero-order valence-corrected chi connectivity index (χ0v) is 48.1. The lowest BCUT2D eigenvalue weighted by Gasteiger charge is -2.35. The molecule has 11 rings (SSSR count). The van der Waals surface area contributed by atoms with E-state index in [-0.39, 0.29) is 67.5 Å². The van der Waals surface area contributed by atoms with E-state index in [1.54, 1.807) is 36.0 Å². The highest BCUT2D eigenvalue weighted by atomic mass is 19.1. The summed E-state index contributed by atoms with van der Waals surface area (Å²) in [6, 6.07) is 17.9. The van der Waals surface area contributed by atoms with E-state index in [0.717, 1.165) is 88.0 Å². The molecule has 6 heterocycles. The minimum Gasteiger partial charge on any atom is -0.486 e. The predicted molar refractivity (Wildman–Crippen MR) is 313 cm³/mol. The Morgan fingerprint density at radius 1 is 1.01 bits per heavy atom. The molecule has 2 bridgehead atoms. The second-order valence-corrected chi connectivity index (χ2v) is 23.2. The molecule has 82 heavy (non-hydrogen) atoms. The molecule has 0 spiro atoms. The van der Waals surface area contributed by atoms with Crippen molar-refractivity contribution in [3.8, 4) is 28.1 Å². The van der Waals surface area contributed by atoms with Crippen LogP contribution in [0.25, 0.3) is 39.0 Å². The van der Waals surface area contributed by atoms with Crippen LogP contribution in [0.2, 0.25) is 0 Å². The Hall–Kier alpha value is -7.65. The van der Waals surface area contributed by atoms with Crippen LogP contribution in [0.1, 0.15) is 124 Å². The number of aliphatic imine (C=N–C) groups is 1. The summed E-state index contributed by atoms with van der Waals surface area (Å²) in [6.07, 6.45) is 11.5. The van der Waals surface area contributed by atoms with Gasteiger partial charge in [-0.1, -0.05) is 73.7 Å². The molecule has 1 unspecified atom stereocenters. The SMILES string of the molecule is CO[C@@H](C)COC(N)=Nc1c(C(C)N2C[C@@H]3C[C@H]2CN3)cc(C2CC2)c(-c2c(C)c(F)cc3[nH]ncc23)c1OCc1ccc(-c2cn([C@H](C(=O)N3CCC[C@H]3C(=O)N[C@@H](CO)c3ccc(C4=C(C)C=CN(C)N4)cc3)C(C)C)nn2)cc1. The molecule has 6 aromatic rings. The number of hydrazine groups is 1. The molecule has 4 aliphatic heterocycles. The summed E-state index contributed by atoms with van der Waals surface area (Å²) >= 11 is 0. The maximum absolute atomic E-state index is 16.2. The number of amides is 2. The number of piperazine rings is 1. The number of halogens is 1. The van der Waals surface area contributed by atoms with Gasteiger partial charge < -0.3 is 40.6 Å². The largest absolute Gasteiger partial charge is 0.486 e. The molecule has 4 fully saturated rings. The van der Waals surface area contributed by atoms with Gasteiger partial charge in [-0.25, -0.2) is 9.07 Å². The Labute approximate surface area is 478 Å². The van der Waals surface area contributed by atoms with E-state index in [1.807, 2.05) is 101 Å². The summed E-state index contributed by atoms with van der Waals surface area (Å²) in [5, 5.41) is 36.3. The maximum Gasteiger partial charge on any atom is 0.287 e. The molecule has 3 saturated heterocycles. The fourth-order valence-electron chi connectivity index (χ4n) is 12.3. The highest BCUT2D eigenvalue weighted by Gasteiger charge is 2.43. The van der Waals surface area contributed by atoms with Gasteiger partial charge in [0.05, 0.1) is 42.4 Å². The monoisotopic (exact) mass is 1120 g/mol. The van der Waals surface area contributed by atoms with Crippen molar-refractivity contribution in [1.29, 1.82) is 0 Å². The zero-order valence-electron chi connectivity index (χ0n) is 48.1. The molecule has 7 N–H and O–H groups in total. The van der Waals surface area contributed by atoms with Crippen LogP contribution in [-0.4, -0.2) is 134 Å². The number of amidine groups is 1. The number of aliphatic hydroxyl groups excluding tert-OH is 1. The first-order valence-corrected chi connectivity index (χ1v) is 28.8. The Morgan fingerprint density at radius 2 is 1.78 bits per heavy atom. The van der Waals surface area contributed by atoms with Gasteiger partial charge in [0.15, 0.2) is 5.75 Å². The molecular weight excluding hydrogens is 1040 g/mol. The van der Waals surface area contributed by atoms with Crippen molar-refractivity contribution in [1.82, 2.24) is 56.1 Å². The number of hydrogen-bond acceptors (Lipinski definition) is 14. The summed E-state index contributed by atoms with van der Waals surface area (Å²) in [5.74, 6) is -0.391. The number of aliphatic hydroxyl groups is 1. The van der Waals surface area contributed by atoms with Crippen LogP contribution in [0.5, 0.6) is 5.75 Å². The van der Waals surface area contributed by atoms with Gasteiger partial charge in [0.1, 0.15) is 42.5 Å². The van der Waals surface area contributed by atoms with Crippen LogP contribution in [-0.2, 0) is 25.7 Å². The summed E-state index contributed by atoms with van der Waals surface area (Å²) in [4.78, 5) is 38.0. The van der Waals surface area contributed by atoms with E-state index >= 15 is 4.39 Å². The lowest BCUT2D eigenvalue weighted by atomic mass is 9.86. The van der Waals surface area contributed by atoms with Crippen LogP contribution >= 0.6 is 0 Å². The van der Waals surface area contributed by atoms with Crippen molar-refractivity contribution in [3.05, 3.63) is 130 Å². The predicted octanol–water partition coefficient (Wildman–Crippen LogP) is 8.23. The minimum absolute atomic E-state index is 0.0391. The highest BCUT2D eigenvalue weighted by molar-refractivity contribution is 6.01. The number of rotatable bonds is 20. The number of fused-ring (bicyclic) bond motifs is 3. The van der Waals surface area contributed by atoms with Gasteiger partial charge in [-0.15, -0.1) is 5.10 Å². The number of aromatic nitrogens is 5. The van der Waals surface area contributed by atoms with Gasteiger partial charge in [-0.3, -0.25) is 30.0 Å². The summed E-state index contributed by atoms with van der Waals surface area (Å²) in [7, 11) is 3.55. The molecule has 7 atom stereocenters. The first-order valence-electron chi connectivity index (χ1n) is 28.8. The Morgan fingerprint density at radius 3 is 2.48 bits per heavy atom. The molecule has 2 amide bonds. The molecule has 5 aliphatic rings. The van der Waals surface area contributed by atoms with E-state index in [0.29, 0.717) is 65.2 Å². The third-order valence-corrected chi connectivity index (χ3v) is 17.1. The molecule has 1 saturated carbocycles. The van der Waals surface area contributed by atoms with Crippen LogP contribution in [0.3, 0.4) is 0 Å². The molecule has 19 nitrogen and oxygen atoms in total. The van der Waals surface area contributed by atoms with Gasteiger partial charge in [0, 0.05) is 80.2 Å². The van der Waals surface area contributed by atoms with Crippen molar-refractivity contribution in [2.75, 3.05) is 47.0 Å². The van der Waals surface area contributed by atoms with E-state index < -0.39 is 18.1 Å². The number of nitrogens with zero attached hydrogens (tertiary/aromatic N) is 8. The normalized spacial score (nSPS) is 20.7. The van der Waals surface area contributed by atoms with E-state index in [9.17, 15) is 14.7 Å². The van der Waals surface area contributed by atoms with Crippen molar-refractivity contribution in [3.63, 3.8) is 0 Å². The van der Waals surface area contributed by atoms with Crippen LogP contribution in [0.4, 0.5) is 10.1 Å². The van der Waals surface area contributed by atoms with Gasteiger partial charge >= 0.3 is 0 Å². The third-order valence-electron chi connectivity index (χ3n) is 17.1. The number of hydrogen-bond donors (Lipinski definition) is 6. The van der Waals surface area contributed by atoms with Gasteiger partial charge in [0.25, 0.3) is 6.02 Å². The third kappa shape index (κ3) is 11.3. The van der Waals surface area contributed by atoms with E-state index in [4.69, 9.17) is 24.9 Å². The summed E-state index contributed by atoms with van der Waals surface area (Å²) in [6.45, 7) is 14.1. The van der Waals surface area contributed by atoms with Crippen LogP contribution in [0, 0.1) is 18.7 Å². The number of methoxy groups -OCH3 is 1. The first kappa shape index (κ1) is 56.2. The number of aromatic amines is 1. The molecule has 432 valence electrons. The smallest absolute Gasteiger partial charge is 0.287 e. The molecule has 20 heteroatoms. The topological polar surface area (TPSA) is 226 Å². The summed E-state index contributed by atoms with van der Waals surface area (Å²) in [5.41, 5.74) is 21.1. The summed E-state index contributed by atoms with van der Waals surface area (Å²) < 4.78 is 36.4. The molecule has 4 aromatic carbocycles. The average molecular weight is 1120 g/mol. The molecule has 1 aliphatic carbocycles. The number of carbonyl (C=O) groups is 2. The number of nitrogens with two attached hydrogens (primary N) is 1. The average Bonchev–Trinajstić information content (AvgIpc) is 3.49. The quantitative estimate of drug-likeness (QED) is 0.0313. The van der Waals surface area contributed by atoms with Crippen molar-refractivity contribution >= 4 is 40.1 Å².